The van der Waals surface area contributed by atoms with Crippen molar-refractivity contribution in [3.63, 3.8) is 0 Å². The highest BCUT2D eigenvalue weighted by molar-refractivity contribution is 5.53. The van der Waals surface area contributed by atoms with E-state index in [0.717, 1.165) is 28.3 Å². The van der Waals surface area contributed by atoms with Crippen LogP contribution in [0.5, 0.6) is 5.75 Å². The molecule has 0 aliphatic carbocycles. The molecule has 1 aromatic heterocycles. The number of aromatic nitrogens is 1. The van der Waals surface area contributed by atoms with Gasteiger partial charge >= 0.3 is 0 Å². The minimum absolute atomic E-state index is 0.0470. The summed E-state index contributed by atoms with van der Waals surface area (Å²) in [5, 5.41) is 0. The van der Waals surface area contributed by atoms with Crippen LogP contribution in [-0.4, -0.2) is 4.98 Å². The van der Waals surface area contributed by atoms with Crippen molar-refractivity contribution in [2.24, 2.45) is 0 Å². The van der Waals surface area contributed by atoms with Gasteiger partial charge in [0.1, 0.15) is 12.4 Å². The van der Waals surface area contributed by atoms with E-state index in [1.807, 2.05) is 32.0 Å². The molecule has 112 valence electrons. The average molecular weight is 284 g/mol. The first-order valence-corrected chi connectivity index (χ1v) is 7.23. The van der Waals surface area contributed by atoms with E-state index < -0.39 is 0 Å². The molecule has 0 radical (unpaired) electrons. The zero-order valence-electron chi connectivity index (χ0n) is 13.5. The average Bonchev–Trinajstić information content (AvgIpc) is 2.43. The van der Waals surface area contributed by atoms with Gasteiger partial charge in [0.05, 0.1) is 5.69 Å². The topological polar surface area (TPSA) is 48.1 Å². The molecule has 21 heavy (non-hydrogen) atoms. The predicted molar refractivity (Wildman–Crippen MR) is 87.6 cm³/mol. The number of nitrogens with two attached hydrogens (primary N) is 1. The fourth-order valence-electron chi connectivity index (χ4n) is 2.30. The first-order chi connectivity index (χ1) is 9.80. The summed E-state index contributed by atoms with van der Waals surface area (Å²) in [6.07, 6.45) is 1.80. The number of anilines is 1. The monoisotopic (exact) mass is 284 g/mol. The normalized spacial score (nSPS) is 11.5. The molecule has 1 aromatic carbocycles. The second-order valence-corrected chi connectivity index (χ2v) is 6.46. The number of pyridine rings is 1. The van der Waals surface area contributed by atoms with E-state index in [2.05, 4.69) is 31.8 Å². The van der Waals surface area contributed by atoms with Crippen LogP contribution >= 0.6 is 0 Å². The van der Waals surface area contributed by atoms with Crippen LogP contribution in [-0.2, 0) is 12.0 Å². The van der Waals surface area contributed by atoms with Crippen molar-refractivity contribution < 1.29 is 4.74 Å². The number of aryl methyl sites for hydroxylation is 1. The lowest BCUT2D eigenvalue weighted by molar-refractivity contribution is 0.292. The van der Waals surface area contributed by atoms with Gasteiger partial charge in [-0.1, -0.05) is 39.0 Å². The van der Waals surface area contributed by atoms with Gasteiger partial charge in [0.15, 0.2) is 0 Å². The number of hydrogen-bond acceptors (Lipinski definition) is 3. The molecular formula is C18H24N2O. The second kappa shape index (κ2) is 5.76. The molecule has 2 aromatic rings. The quantitative estimate of drug-likeness (QED) is 0.920. The highest BCUT2D eigenvalue weighted by atomic mass is 16.5. The number of hydrogen-bond donors (Lipinski definition) is 1. The van der Waals surface area contributed by atoms with Gasteiger partial charge in [-0.05, 0) is 42.0 Å². The number of para-hydroxylation sites is 1. The van der Waals surface area contributed by atoms with Crippen molar-refractivity contribution in [2.45, 2.75) is 46.6 Å². The molecule has 0 saturated heterocycles. The Balaban J connectivity index is 2.24. The molecule has 2 N–H and O–H groups in total. The lowest BCUT2D eigenvalue weighted by atomic mass is 9.86. The van der Waals surface area contributed by atoms with Gasteiger partial charge in [0.25, 0.3) is 0 Å². The smallest absolute Gasteiger partial charge is 0.131 e. The molecule has 0 spiro atoms. The molecule has 0 unspecified atom stereocenters. The minimum Gasteiger partial charge on any atom is -0.487 e. The number of nitrogens with zero attached hydrogens (tertiary/aromatic N) is 1. The Morgan fingerprint density at radius 2 is 1.81 bits per heavy atom. The first kappa shape index (κ1) is 15.4. The van der Waals surface area contributed by atoms with Gasteiger partial charge in [-0.15, -0.1) is 0 Å². The summed E-state index contributed by atoms with van der Waals surface area (Å²) < 4.78 is 6.01. The number of benzene rings is 1. The van der Waals surface area contributed by atoms with Gasteiger partial charge in [-0.25, -0.2) is 0 Å². The minimum atomic E-state index is 0.0470. The van der Waals surface area contributed by atoms with Crippen LogP contribution < -0.4 is 10.5 Å². The van der Waals surface area contributed by atoms with Crippen LogP contribution in [0.15, 0.2) is 30.5 Å². The SMILES string of the molecule is Cc1cnc(COc2ccccc2C(C)(C)C)c(C)c1N. The number of rotatable bonds is 3. The third kappa shape index (κ3) is 3.35. The lowest BCUT2D eigenvalue weighted by Gasteiger charge is -2.22. The van der Waals surface area contributed by atoms with Gasteiger partial charge in [0, 0.05) is 11.9 Å². The third-order valence-corrected chi connectivity index (χ3v) is 3.74. The van der Waals surface area contributed by atoms with Crippen LogP contribution in [0.25, 0.3) is 0 Å². The summed E-state index contributed by atoms with van der Waals surface area (Å²) >= 11 is 0. The summed E-state index contributed by atoms with van der Waals surface area (Å²) in [5.41, 5.74) is 11.0. The molecule has 1 heterocycles. The van der Waals surface area contributed by atoms with E-state index >= 15 is 0 Å². The highest BCUT2D eigenvalue weighted by Gasteiger charge is 2.18. The van der Waals surface area contributed by atoms with Crippen LogP contribution in [0.3, 0.4) is 0 Å². The fourth-order valence-corrected chi connectivity index (χ4v) is 2.30. The van der Waals surface area contributed by atoms with E-state index in [1.165, 1.54) is 5.56 Å². The van der Waals surface area contributed by atoms with Crippen LogP contribution in [0, 0.1) is 13.8 Å². The van der Waals surface area contributed by atoms with Crippen molar-refractivity contribution in [1.29, 1.82) is 0 Å². The molecule has 0 atom stereocenters. The van der Waals surface area contributed by atoms with Crippen molar-refractivity contribution in [3.8, 4) is 5.75 Å². The van der Waals surface area contributed by atoms with Crippen molar-refractivity contribution in [3.05, 3.63) is 52.8 Å². The molecule has 2 rings (SSSR count). The van der Waals surface area contributed by atoms with Gasteiger partial charge in [-0.3, -0.25) is 4.98 Å². The Morgan fingerprint density at radius 1 is 1.14 bits per heavy atom. The third-order valence-electron chi connectivity index (χ3n) is 3.74. The Hall–Kier alpha value is -2.03. The molecule has 0 aliphatic heterocycles. The predicted octanol–water partition coefficient (Wildman–Crippen LogP) is 4.16. The first-order valence-electron chi connectivity index (χ1n) is 7.23. The highest BCUT2D eigenvalue weighted by Crippen LogP contribution is 2.31. The van der Waals surface area contributed by atoms with Crippen LogP contribution in [0.2, 0.25) is 0 Å². The standard InChI is InChI=1S/C18H24N2O/c1-12-10-20-15(13(2)17(12)19)11-21-16-9-7-6-8-14(16)18(3,4)5/h6-10H,11H2,1-5H3,(H2,19,20). The maximum atomic E-state index is 6.06. The fraction of sp³-hybridized carbons (Fsp3) is 0.389. The van der Waals surface area contributed by atoms with E-state index in [1.54, 1.807) is 6.20 Å². The van der Waals surface area contributed by atoms with E-state index in [0.29, 0.717) is 6.61 Å². The van der Waals surface area contributed by atoms with Gasteiger partial charge < -0.3 is 10.5 Å². The molecule has 0 aliphatic rings. The summed E-state index contributed by atoms with van der Waals surface area (Å²) in [5.74, 6) is 0.908. The van der Waals surface area contributed by atoms with Gasteiger partial charge in [-0.2, -0.15) is 0 Å². The largest absolute Gasteiger partial charge is 0.487 e. The van der Waals surface area contributed by atoms with Crippen LogP contribution in [0.4, 0.5) is 5.69 Å². The molecule has 3 heteroatoms. The van der Waals surface area contributed by atoms with Crippen molar-refractivity contribution in [2.75, 3.05) is 5.73 Å². The molecule has 0 fully saturated rings. The maximum absolute atomic E-state index is 6.06. The number of nitrogen functional groups attached to an aromatic ring is 1. The Morgan fingerprint density at radius 3 is 2.48 bits per heavy atom. The Labute approximate surface area is 127 Å². The molecule has 0 saturated carbocycles. The van der Waals surface area contributed by atoms with Gasteiger partial charge in [0.2, 0.25) is 0 Å². The van der Waals surface area contributed by atoms with E-state index in [4.69, 9.17) is 10.5 Å². The van der Waals surface area contributed by atoms with Crippen LogP contribution in [0.1, 0.15) is 43.2 Å². The summed E-state index contributed by atoms with van der Waals surface area (Å²) in [4.78, 5) is 4.44. The molecule has 3 nitrogen and oxygen atoms in total. The summed E-state index contributed by atoms with van der Waals surface area (Å²) in [6, 6.07) is 8.15. The maximum Gasteiger partial charge on any atom is 0.131 e. The molecule has 0 bridgehead atoms. The summed E-state index contributed by atoms with van der Waals surface area (Å²) in [6.45, 7) is 10.9. The second-order valence-electron chi connectivity index (χ2n) is 6.46. The molecular weight excluding hydrogens is 260 g/mol. The zero-order valence-corrected chi connectivity index (χ0v) is 13.5. The molecule has 0 amide bonds. The summed E-state index contributed by atoms with van der Waals surface area (Å²) in [7, 11) is 0. The Kier molecular flexibility index (Phi) is 4.21. The Bertz CT molecular complexity index is 642. The van der Waals surface area contributed by atoms with E-state index in [-0.39, 0.29) is 5.41 Å². The number of ether oxygens (including phenoxy) is 1. The van der Waals surface area contributed by atoms with E-state index in [9.17, 15) is 0 Å². The van der Waals surface area contributed by atoms with Crippen molar-refractivity contribution in [1.82, 2.24) is 4.98 Å². The van der Waals surface area contributed by atoms with Crippen molar-refractivity contribution >= 4 is 5.69 Å². The zero-order chi connectivity index (χ0) is 15.6. The lowest BCUT2D eigenvalue weighted by Crippen LogP contribution is -2.14.